The number of methoxy groups -OCH3 is 1. The summed E-state index contributed by atoms with van der Waals surface area (Å²) in [5.74, 6) is 1.48. The van der Waals surface area contributed by atoms with E-state index in [9.17, 15) is 4.79 Å². The molecule has 1 atom stereocenters. The third kappa shape index (κ3) is 4.40. The van der Waals surface area contributed by atoms with Crippen LogP contribution in [0.2, 0.25) is 0 Å². The molecule has 3 rings (SSSR count). The van der Waals surface area contributed by atoms with Crippen molar-refractivity contribution >= 4 is 5.91 Å². The molecule has 1 unspecified atom stereocenters. The Labute approximate surface area is 165 Å². The fourth-order valence-corrected chi connectivity index (χ4v) is 3.03. The maximum Gasteiger partial charge on any atom is 0.273 e. The summed E-state index contributed by atoms with van der Waals surface area (Å²) in [6, 6.07) is 17.4. The second kappa shape index (κ2) is 8.71. The SMILES string of the molecule is COc1cccc(C(CNC(=O)c2nc(-c3ccccc3)oc2C)N(C)C)c1. The van der Waals surface area contributed by atoms with Gasteiger partial charge in [0.2, 0.25) is 5.89 Å². The zero-order valence-corrected chi connectivity index (χ0v) is 16.6. The van der Waals surface area contributed by atoms with E-state index in [0.29, 0.717) is 23.9 Å². The average molecular weight is 379 g/mol. The summed E-state index contributed by atoms with van der Waals surface area (Å²) in [5.41, 5.74) is 2.21. The standard InChI is InChI=1S/C22H25N3O3/c1-15-20(24-22(28-15)16-9-6-5-7-10-16)21(26)23-14-19(25(2)3)17-11-8-12-18(13-17)27-4/h5-13,19H,14H2,1-4H3,(H,23,26). The predicted octanol–water partition coefficient (Wildman–Crippen LogP) is 3.69. The first-order valence-electron chi connectivity index (χ1n) is 9.11. The Hall–Kier alpha value is -3.12. The van der Waals surface area contributed by atoms with Gasteiger partial charge in [-0.1, -0.05) is 30.3 Å². The summed E-state index contributed by atoms with van der Waals surface area (Å²) >= 11 is 0. The molecule has 0 spiro atoms. The number of ether oxygens (including phenoxy) is 1. The number of carbonyl (C=O) groups excluding carboxylic acids is 1. The topological polar surface area (TPSA) is 67.6 Å². The molecule has 0 fully saturated rings. The number of nitrogens with one attached hydrogen (secondary N) is 1. The smallest absolute Gasteiger partial charge is 0.273 e. The van der Waals surface area contributed by atoms with E-state index in [2.05, 4.69) is 15.2 Å². The van der Waals surface area contributed by atoms with Crippen LogP contribution >= 0.6 is 0 Å². The second-order valence-electron chi connectivity index (χ2n) is 6.76. The van der Waals surface area contributed by atoms with Crippen molar-refractivity contribution in [1.82, 2.24) is 15.2 Å². The van der Waals surface area contributed by atoms with Crippen molar-refractivity contribution in [3.8, 4) is 17.2 Å². The molecule has 0 radical (unpaired) electrons. The van der Waals surface area contributed by atoms with E-state index in [0.717, 1.165) is 16.9 Å². The normalized spacial score (nSPS) is 12.0. The molecule has 0 aliphatic rings. The first-order valence-corrected chi connectivity index (χ1v) is 9.11. The lowest BCUT2D eigenvalue weighted by molar-refractivity contribution is 0.0936. The number of hydrogen-bond donors (Lipinski definition) is 1. The molecule has 1 heterocycles. The van der Waals surface area contributed by atoms with Crippen LogP contribution in [0.25, 0.3) is 11.5 Å². The summed E-state index contributed by atoms with van der Waals surface area (Å²) in [6.07, 6.45) is 0. The van der Waals surface area contributed by atoms with Gasteiger partial charge in [0.25, 0.3) is 5.91 Å². The quantitative estimate of drug-likeness (QED) is 0.678. The monoisotopic (exact) mass is 379 g/mol. The number of nitrogens with zero attached hydrogens (tertiary/aromatic N) is 2. The minimum Gasteiger partial charge on any atom is -0.497 e. The van der Waals surface area contributed by atoms with Crippen LogP contribution in [0.3, 0.4) is 0 Å². The van der Waals surface area contributed by atoms with E-state index >= 15 is 0 Å². The van der Waals surface area contributed by atoms with Crippen LogP contribution in [-0.2, 0) is 0 Å². The molecule has 0 aliphatic carbocycles. The highest BCUT2D eigenvalue weighted by molar-refractivity contribution is 5.93. The van der Waals surface area contributed by atoms with Gasteiger partial charge in [-0.3, -0.25) is 4.79 Å². The molecule has 1 aromatic heterocycles. The van der Waals surface area contributed by atoms with E-state index in [1.165, 1.54) is 0 Å². The van der Waals surface area contributed by atoms with Gasteiger partial charge in [0.15, 0.2) is 5.69 Å². The van der Waals surface area contributed by atoms with Crippen molar-refractivity contribution in [2.24, 2.45) is 0 Å². The Bertz CT molecular complexity index is 935. The lowest BCUT2D eigenvalue weighted by Gasteiger charge is -2.25. The highest BCUT2D eigenvalue weighted by Crippen LogP contribution is 2.23. The number of carbonyl (C=O) groups is 1. The molecule has 6 heteroatoms. The Morgan fingerprint density at radius 2 is 1.93 bits per heavy atom. The zero-order valence-electron chi connectivity index (χ0n) is 16.6. The molecule has 2 aromatic carbocycles. The number of aryl methyl sites for hydroxylation is 1. The molecule has 0 bridgehead atoms. The fraction of sp³-hybridized carbons (Fsp3) is 0.273. The van der Waals surface area contributed by atoms with E-state index < -0.39 is 0 Å². The maximum absolute atomic E-state index is 12.7. The first kappa shape index (κ1) is 19.6. The molecule has 0 saturated carbocycles. The van der Waals surface area contributed by atoms with Crippen LogP contribution < -0.4 is 10.1 Å². The Balaban J connectivity index is 1.74. The van der Waals surface area contributed by atoms with Crippen LogP contribution in [0.15, 0.2) is 59.0 Å². The van der Waals surface area contributed by atoms with E-state index in [1.54, 1.807) is 14.0 Å². The zero-order chi connectivity index (χ0) is 20.1. The molecular formula is C22H25N3O3. The molecule has 6 nitrogen and oxygen atoms in total. The molecule has 3 aromatic rings. The minimum absolute atomic E-state index is 0.000138. The predicted molar refractivity (Wildman–Crippen MR) is 108 cm³/mol. The van der Waals surface area contributed by atoms with Crippen molar-refractivity contribution in [2.75, 3.05) is 27.7 Å². The van der Waals surface area contributed by atoms with Gasteiger partial charge < -0.3 is 19.4 Å². The van der Waals surface area contributed by atoms with Gasteiger partial charge in [-0.25, -0.2) is 4.98 Å². The number of rotatable bonds is 7. The molecule has 28 heavy (non-hydrogen) atoms. The number of benzene rings is 2. The number of amides is 1. The number of hydrogen-bond acceptors (Lipinski definition) is 5. The number of oxazole rings is 1. The summed E-state index contributed by atoms with van der Waals surface area (Å²) in [5, 5.41) is 2.98. The van der Waals surface area contributed by atoms with Gasteiger partial charge in [0, 0.05) is 12.1 Å². The van der Waals surface area contributed by atoms with Gasteiger partial charge in [-0.15, -0.1) is 0 Å². The van der Waals surface area contributed by atoms with Crippen LogP contribution in [0.4, 0.5) is 0 Å². The maximum atomic E-state index is 12.7. The minimum atomic E-state index is -0.252. The highest BCUT2D eigenvalue weighted by Gasteiger charge is 2.21. The van der Waals surface area contributed by atoms with Crippen LogP contribution in [-0.4, -0.2) is 43.5 Å². The lowest BCUT2D eigenvalue weighted by Crippen LogP contribution is -2.35. The summed E-state index contributed by atoms with van der Waals surface area (Å²) < 4.78 is 11.0. The average Bonchev–Trinajstić information content (AvgIpc) is 3.10. The van der Waals surface area contributed by atoms with Crippen molar-refractivity contribution < 1.29 is 13.9 Å². The molecule has 0 saturated heterocycles. The Morgan fingerprint density at radius 1 is 1.18 bits per heavy atom. The van der Waals surface area contributed by atoms with Gasteiger partial charge in [0.05, 0.1) is 13.2 Å². The largest absolute Gasteiger partial charge is 0.497 e. The van der Waals surface area contributed by atoms with Gasteiger partial charge in [0.1, 0.15) is 11.5 Å². The molecule has 1 N–H and O–H groups in total. The van der Waals surface area contributed by atoms with Crippen LogP contribution in [0.1, 0.15) is 27.9 Å². The number of aromatic nitrogens is 1. The summed E-state index contributed by atoms with van der Waals surface area (Å²) in [7, 11) is 5.60. The third-order valence-corrected chi connectivity index (χ3v) is 4.59. The molecule has 1 amide bonds. The number of likely N-dealkylation sites (N-methyl/N-ethyl adjacent to an activating group) is 1. The van der Waals surface area contributed by atoms with Crippen LogP contribution in [0.5, 0.6) is 5.75 Å². The first-order chi connectivity index (χ1) is 13.5. The fourth-order valence-electron chi connectivity index (χ4n) is 3.03. The molecular weight excluding hydrogens is 354 g/mol. The summed E-state index contributed by atoms with van der Waals surface area (Å²) in [4.78, 5) is 19.2. The molecule has 0 aliphatic heterocycles. The van der Waals surface area contributed by atoms with Gasteiger partial charge >= 0.3 is 0 Å². The third-order valence-electron chi connectivity index (χ3n) is 4.59. The second-order valence-corrected chi connectivity index (χ2v) is 6.76. The van der Waals surface area contributed by atoms with Crippen molar-refractivity contribution in [3.05, 3.63) is 71.6 Å². The van der Waals surface area contributed by atoms with Crippen molar-refractivity contribution in [1.29, 1.82) is 0 Å². The Kier molecular flexibility index (Phi) is 6.11. The Morgan fingerprint density at radius 3 is 2.61 bits per heavy atom. The van der Waals surface area contributed by atoms with E-state index in [1.807, 2.05) is 68.7 Å². The van der Waals surface area contributed by atoms with Crippen molar-refractivity contribution in [3.63, 3.8) is 0 Å². The summed E-state index contributed by atoms with van der Waals surface area (Å²) in [6.45, 7) is 2.19. The van der Waals surface area contributed by atoms with Crippen LogP contribution in [0, 0.1) is 6.92 Å². The lowest BCUT2D eigenvalue weighted by atomic mass is 10.1. The van der Waals surface area contributed by atoms with Crippen molar-refractivity contribution in [2.45, 2.75) is 13.0 Å². The highest BCUT2D eigenvalue weighted by atomic mass is 16.5. The van der Waals surface area contributed by atoms with E-state index in [-0.39, 0.29) is 11.9 Å². The van der Waals surface area contributed by atoms with Gasteiger partial charge in [-0.05, 0) is 50.8 Å². The van der Waals surface area contributed by atoms with E-state index in [4.69, 9.17) is 9.15 Å². The molecule has 146 valence electrons. The van der Waals surface area contributed by atoms with Gasteiger partial charge in [-0.2, -0.15) is 0 Å².